The van der Waals surface area contributed by atoms with Gasteiger partial charge in [0.25, 0.3) is 0 Å². The Morgan fingerprint density at radius 1 is 1.35 bits per heavy atom. The van der Waals surface area contributed by atoms with Crippen LogP contribution in [0.2, 0.25) is 0 Å². The van der Waals surface area contributed by atoms with Crippen LogP contribution in [0.5, 0.6) is 0 Å². The van der Waals surface area contributed by atoms with E-state index in [4.69, 9.17) is 9.84 Å². The summed E-state index contributed by atoms with van der Waals surface area (Å²) in [5.74, 6) is 0.383. The zero-order valence-corrected chi connectivity index (χ0v) is 12.0. The van der Waals surface area contributed by atoms with E-state index in [0.29, 0.717) is 12.5 Å². The Balaban J connectivity index is 4.66. The maximum atomic E-state index is 12.0. The molecule has 1 N–H and O–H groups in total. The van der Waals surface area contributed by atoms with Crippen molar-refractivity contribution in [1.29, 1.82) is 0 Å². The van der Waals surface area contributed by atoms with Gasteiger partial charge < -0.3 is 14.7 Å². The lowest BCUT2D eigenvalue weighted by atomic mass is 9.99. The van der Waals surface area contributed by atoms with Gasteiger partial charge in [-0.3, -0.25) is 0 Å². The van der Waals surface area contributed by atoms with Crippen LogP contribution in [-0.4, -0.2) is 40.9 Å². The van der Waals surface area contributed by atoms with E-state index in [-0.39, 0.29) is 18.7 Å². The summed E-state index contributed by atoms with van der Waals surface area (Å²) in [6.07, 6.45) is 0.644. The predicted molar refractivity (Wildman–Crippen MR) is 68.9 cm³/mol. The summed E-state index contributed by atoms with van der Waals surface area (Å²) in [7, 11) is 0. The van der Waals surface area contributed by atoms with Crippen LogP contribution in [-0.2, 0) is 4.74 Å². The molecule has 0 aromatic carbocycles. The highest BCUT2D eigenvalue weighted by atomic mass is 16.6. The molecule has 2 unspecified atom stereocenters. The minimum absolute atomic E-state index is 0.0416. The highest BCUT2D eigenvalue weighted by molar-refractivity contribution is 5.68. The molecule has 0 heterocycles. The fourth-order valence-electron chi connectivity index (χ4n) is 1.54. The lowest BCUT2D eigenvalue weighted by Gasteiger charge is -2.34. The number of nitrogens with zero attached hydrogens (tertiary/aromatic N) is 1. The number of hydrogen-bond donors (Lipinski definition) is 1. The van der Waals surface area contributed by atoms with Gasteiger partial charge in [-0.15, -0.1) is 0 Å². The lowest BCUT2D eigenvalue weighted by molar-refractivity contribution is 0.00833. The highest BCUT2D eigenvalue weighted by Crippen LogP contribution is 2.17. The van der Waals surface area contributed by atoms with Crippen LogP contribution in [0.4, 0.5) is 4.79 Å². The van der Waals surface area contributed by atoms with Gasteiger partial charge in [-0.25, -0.2) is 4.79 Å². The van der Waals surface area contributed by atoms with Crippen LogP contribution in [0.1, 0.15) is 48.0 Å². The van der Waals surface area contributed by atoms with Gasteiger partial charge in [0.1, 0.15) is 5.60 Å². The molecule has 0 rings (SSSR count). The third-order valence-electron chi connectivity index (χ3n) is 2.93. The van der Waals surface area contributed by atoms with Gasteiger partial charge in [-0.2, -0.15) is 0 Å². The van der Waals surface area contributed by atoms with Gasteiger partial charge >= 0.3 is 6.09 Å². The first kappa shape index (κ1) is 16.2. The van der Waals surface area contributed by atoms with Crippen LogP contribution in [0.15, 0.2) is 0 Å². The molecule has 0 fully saturated rings. The van der Waals surface area contributed by atoms with Crippen LogP contribution in [0, 0.1) is 5.92 Å². The second-order valence-electron chi connectivity index (χ2n) is 5.52. The van der Waals surface area contributed by atoms with Gasteiger partial charge in [0, 0.05) is 12.6 Å². The number of carbonyl (C=O) groups excluding carboxylic acids is 1. The zero-order chi connectivity index (χ0) is 13.6. The molecule has 0 aromatic heterocycles. The minimum Gasteiger partial charge on any atom is -0.444 e. The highest BCUT2D eigenvalue weighted by Gasteiger charge is 2.27. The van der Waals surface area contributed by atoms with Crippen molar-refractivity contribution in [3.05, 3.63) is 0 Å². The summed E-state index contributed by atoms with van der Waals surface area (Å²) in [5.41, 5.74) is -0.500. The second kappa shape index (κ2) is 6.84. The Morgan fingerprint density at radius 2 is 1.88 bits per heavy atom. The number of amides is 1. The van der Waals surface area contributed by atoms with Crippen molar-refractivity contribution in [2.24, 2.45) is 5.92 Å². The molecule has 0 bridgehead atoms. The molecule has 1 amide bonds. The van der Waals surface area contributed by atoms with E-state index in [1.807, 2.05) is 27.7 Å². The first-order valence-electron chi connectivity index (χ1n) is 6.33. The molecule has 0 saturated heterocycles. The maximum Gasteiger partial charge on any atom is 0.410 e. The molecule has 4 heteroatoms. The smallest absolute Gasteiger partial charge is 0.410 e. The van der Waals surface area contributed by atoms with Gasteiger partial charge in [0.2, 0.25) is 0 Å². The van der Waals surface area contributed by atoms with Crippen molar-refractivity contribution >= 4 is 6.09 Å². The monoisotopic (exact) mass is 245 g/mol. The molecule has 17 heavy (non-hydrogen) atoms. The van der Waals surface area contributed by atoms with Gasteiger partial charge in [-0.05, 0) is 33.6 Å². The first-order valence-corrected chi connectivity index (χ1v) is 6.33. The van der Waals surface area contributed by atoms with E-state index in [1.54, 1.807) is 4.90 Å². The van der Waals surface area contributed by atoms with Crippen molar-refractivity contribution in [1.82, 2.24) is 4.90 Å². The largest absolute Gasteiger partial charge is 0.444 e. The van der Waals surface area contributed by atoms with E-state index in [9.17, 15) is 4.79 Å². The number of rotatable bonds is 5. The number of carbonyl (C=O) groups is 1. The maximum absolute atomic E-state index is 12.0. The Hall–Kier alpha value is -0.770. The fraction of sp³-hybridized carbons (Fsp3) is 0.923. The molecule has 0 saturated carbocycles. The quantitative estimate of drug-likeness (QED) is 0.810. The molecule has 0 spiro atoms. The summed E-state index contributed by atoms with van der Waals surface area (Å²) >= 11 is 0. The second-order valence-corrected chi connectivity index (χ2v) is 5.52. The normalized spacial score (nSPS) is 15.2. The van der Waals surface area contributed by atoms with E-state index in [1.165, 1.54) is 0 Å². The van der Waals surface area contributed by atoms with Crippen molar-refractivity contribution in [3.8, 4) is 0 Å². The Kier molecular flexibility index (Phi) is 6.53. The third-order valence-corrected chi connectivity index (χ3v) is 2.93. The van der Waals surface area contributed by atoms with Crippen LogP contribution in [0.3, 0.4) is 0 Å². The van der Waals surface area contributed by atoms with Crippen molar-refractivity contribution < 1.29 is 14.6 Å². The Bertz CT molecular complexity index is 235. The van der Waals surface area contributed by atoms with Gasteiger partial charge in [0.15, 0.2) is 0 Å². The molecule has 0 aromatic rings. The molecule has 4 nitrogen and oxygen atoms in total. The molecular weight excluding hydrogens is 218 g/mol. The number of aliphatic hydroxyl groups excluding tert-OH is 1. The average molecular weight is 245 g/mol. The number of aliphatic hydroxyl groups is 1. The first-order chi connectivity index (χ1) is 7.72. The van der Waals surface area contributed by atoms with E-state index in [2.05, 4.69) is 13.8 Å². The topological polar surface area (TPSA) is 49.8 Å². The van der Waals surface area contributed by atoms with Crippen LogP contribution < -0.4 is 0 Å². The van der Waals surface area contributed by atoms with Crippen molar-refractivity contribution in [2.45, 2.75) is 59.6 Å². The summed E-state index contributed by atoms with van der Waals surface area (Å²) in [6, 6.07) is 0.0713. The Labute approximate surface area is 105 Å². The summed E-state index contributed by atoms with van der Waals surface area (Å²) in [4.78, 5) is 13.6. The SMILES string of the molecule is CCC(C)C(C)N(CCO)C(=O)OC(C)(C)C. The van der Waals surface area contributed by atoms with Crippen LogP contribution in [0.25, 0.3) is 0 Å². The van der Waals surface area contributed by atoms with E-state index in [0.717, 1.165) is 6.42 Å². The summed E-state index contributed by atoms with van der Waals surface area (Å²) in [5, 5.41) is 9.04. The molecule has 102 valence electrons. The number of hydrogen-bond acceptors (Lipinski definition) is 3. The standard InChI is InChI=1S/C13H27NO3/c1-7-10(2)11(3)14(8-9-15)12(16)17-13(4,5)6/h10-11,15H,7-9H2,1-6H3. The third kappa shape index (κ3) is 5.91. The molecule has 0 aliphatic heterocycles. The van der Waals surface area contributed by atoms with Crippen LogP contribution >= 0.6 is 0 Å². The van der Waals surface area contributed by atoms with Crippen molar-refractivity contribution in [3.63, 3.8) is 0 Å². The molecule has 2 atom stereocenters. The van der Waals surface area contributed by atoms with E-state index >= 15 is 0 Å². The summed E-state index contributed by atoms with van der Waals surface area (Å²) < 4.78 is 5.34. The Morgan fingerprint density at radius 3 is 2.24 bits per heavy atom. The zero-order valence-electron chi connectivity index (χ0n) is 12.0. The molecule has 0 radical (unpaired) electrons. The number of ether oxygens (including phenoxy) is 1. The molecule has 0 aliphatic carbocycles. The lowest BCUT2D eigenvalue weighted by Crippen LogP contribution is -2.46. The molecular formula is C13H27NO3. The fourth-order valence-corrected chi connectivity index (χ4v) is 1.54. The predicted octanol–water partition coefficient (Wildman–Crippen LogP) is 2.65. The summed E-state index contributed by atoms with van der Waals surface area (Å²) in [6.45, 7) is 12.0. The van der Waals surface area contributed by atoms with Gasteiger partial charge in [-0.1, -0.05) is 20.3 Å². The van der Waals surface area contributed by atoms with Gasteiger partial charge in [0.05, 0.1) is 6.61 Å². The molecule has 0 aliphatic rings. The van der Waals surface area contributed by atoms with Crippen molar-refractivity contribution in [2.75, 3.05) is 13.2 Å². The van der Waals surface area contributed by atoms with E-state index < -0.39 is 5.60 Å². The average Bonchev–Trinajstić information content (AvgIpc) is 2.21. The minimum atomic E-state index is -0.500.